The second-order valence-corrected chi connectivity index (χ2v) is 6.97. The average molecular weight is 313 g/mol. The number of nitrogens with one attached hydrogen (secondary N) is 1. The molecule has 0 spiro atoms. The lowest BCUT2D eigenvalue weighted by Crippen LogP contribution is -2.24. The summed E-state index contributed by atoms with van der Waals surface area (Å²) in [5, 5.41) is 8.50. The third kappa shape index (κ3) is 6.27. The number of carboxylic acids is 1. The van der Waals surface area contributed by atoms with E-state index >= 15 is 0 Å². The van der Waals surface area contributed by atoms with E-state index in [0.29, 0.717) is 19.4 Å². The van der Waals surface area contributed by atoms with Crippen LogP contribution in [0.3, 0.4) is 0 Å². The number of hydrogen-bond acceptors (Lipinski definition) is 3. The van der Waals surface area contributed by atoms with Crippen LogP contribution in [0.1, 0.15) is 43.2 Å². The number of hydrogen-bond donors (Lipinski definition) is 2. The Morgan fingerprint density at radius 1 is 1.10 bits per heavy atom. The number of unbranched alkanes of at least 4 members (excludes halogenated alkanes) is 3. The summed E-state index contributed by atoms with van der Waals surface area (Å²) >= 11 is 0. The second-order valence-electron chi connectivity index (χ2n) is 5.20. The number of sulfonamides is 1. The van der Waals surface area contributed by atoms with E-state index in [2.05, 4.69) is 4.72 Å². The van der Waals surface area contributed by atoms with Crippen molar-refractivity contribution in [2.24, 2.45) is 0 Å². The van der Waals surface area contributed by atoms with Crippen molar-refractivity contribution < 1.29 is 18.3 Å². The Labute approximate surface area is 126 Å². The first kappa shape index (κ1) is 17.7. The smallest absolute Gasteiger partial charge is 0.303 e. The van der Waals surface area contributed by atoms with E-state index < -0.39 is 16.0 Å². The van der Waals surface area contributed by atoms with Crippen LogP contribution in [0.25, 0.3) is 0 Å². The maximum absolute atomic E-state index is 12.1. The van der Waals surface area contributed by atoms with Crippen molar-refractivity contribution in [1.29, 1.82) is 0 Å². The van der Waals surface area contributed by atoms with E-state index in [0.717, 1.165) is 24.0 Å². The van der Waals surface area contributed by atoms with Gasteiger partial charge in [-0.15, -0.1) is 0 Å². The van der Waals surface area contributed by atoms with Crippen LogP contribution in [0.15, 0.2) is 23.1 Å². The number of aliphatic carboxylic acids is 1. The predicted molar refractivity (Wildman–Crippen MR) is 81.8 cm³/mol. The molecule has 0 unspecified atom stereocenters. The van der Waals surface area contributed by atoms with E-state index in [-0.39, 0.29) is 11.3 Å². The van der Waals surface area contributed by atoms with Gasteiger partial charge in [0.15, 0.2) is 0 Å². The highest BCUT2D eigenvalue weighted by molar-refractivity contribution is 7.89. The summed E-state index contributed by atoms with van der Waals surface area (Å²) in [6.45, 7) is 4.20. The normalized spacial score (nSPS) is 11.5. The van der Waals surface area contributed by atoms with E-state index in [1.165, 1.54) is 0 Å². The lowest BCUT2D eigenvalue weighted by atomic mass is 10.1. The minimum atomic E-state index is -3.45. The van der Waals surface area contributed by atoms with Gasteiger partial charge in [-0.25, -0.2) is 13.1 Å². The highest BCUT2D eigenvalue weighted by Crippen LogP contribution is 2.14. The zero-order chi connectivity index (χ0) is 15.9. The van der Waals surface area contributed by atoms with Crippen molar-refractivity contribution in [2.75, 3.05) is 6.54 Å². The first-order valence-electron chi connectivity index (χ1n) is 7.11. The van der Waals surface area contributed by atoms with Gasteiger partial charge in [-0.3, -0.25) is 4.79 Å². The molecule has 0 aliphatic heterocycles. The summed E-state index contributed by atoms with van der Waals surface area (Å²) in [7, 11) is -3.45. The molecule has 0 fully saturated rings. The van der Waals surface area contributed by atoms with Crippen LogP contribution in [0.2, 0.25) is 0 Å². The van der Waals surface area contributed by atoms with Crippen molar-refractivity contribution in [3.05, 3.63) is 29.3 Å². The topological polar surface area (TPSA) is 83.5 Å². The molecule has 2 N–H and O–H groups in total. The molecule has 1 aromatic rings. The van der Waals surface area contributed by atoms with Crippen molar-refractivity contribution in [1.82, 2.24) is 4.72 Å². The number of benzene rings is 1. The van der Waals surface area contributed by atoms with Crippen LogP contribution in [0, 0.1) is 13.8 Å². The minimum absolute atomic E-state index is 0.175. The molecule has 118 valence electrons. The minimum Gasteiger partial charge on any atom is -0.481 e. The molecule has 21 heavy (non-hydrogen) atoms. The number of rotatable bonds is 9. The molecule has 6 heteroatoms. The maximum Gasteiger partial charge on any atom is 0.303 e. The highest BCUT2D eigenvalue weighted by Gasteiger charge is 2.13. The Bertz CT molecular complexity index is 581. The predicted octanol–water partition coefficient (Wildman–Crippen LogP) is 2.62. The van der Waals surface area contributed by atoms with Crippen LogP contribution < -0.4 is 4.72 Å². The molecule has 1 rings (SSSR count). The van der Waals surface area contributed by atoms with Gasteiger partial charge in [0.2, 0.25) is 10.0 Å². The molecule has 0 amide bonds. The third-order valence-corrected chi connectivity index (χ3v) is 4.86. The molecule has 0 saturated heterocycles. The van der Waals surface area contributed by atoms with E-state index in [1.807, 2.05) is 13.8 Å². The molecule has 0 aliphatic rings. The van der Waals surface area contributed by atoms with Crippen LogP contribution >= 0.6 is 0 Å². The summed E-state index contributed by atoms with van der Waals surface area (Å²) in [6, 6.07) is 5.08. The number of carboxylic acid groups (broad SMARTS) is 1. The molecule has 5 nitrogen and oxygen atoms in total. The van der Waals surface area contributed by atoms with Gasteiger partial charge in [-0.2, -0.15) is 0 Å². The summed E-state index contributed by atoms with van der Waals surface area (Å²) in [4.78, 5) is 10.6. The molecule has 0 aromatic heterocycles. The maximum atomic E-state index is 12.1. The molecule has 0 heterocycles. The Morgan fingerprint density at radius 3 is 2.38 bits per heavy atom. The van der Waals surface area contributed by atoms with Crippen molar-refractivity contribution in [2.45, 2.75) is 50.8 Å². The van der Waals surface area contributed by atoms with Crippen LogP contribution in [-0.4, -0.2) is 26.0 Å². The van der Waals surface area contributed by atoms with E-state index in [9.17, 15) is 13.2 Å². The molecular formula is C15H23NO4S. The SMILES string of the molecule is Cc1ccc(S(=O)(=O)NCCCCCCC(=O)O)cc1C. The van der Waals surface area contributed by atoms with Gasteiger partial charge in [-0.05, 0) is 49.9 Å². The van der Waals surface area contributed by atoms with Crippen LogP contribution in [0.5, 0.6) is 0 Å². The zero-order valence-corrected chi connectivity index (χ0v) is 13.4. The summed E-state index contributed by atoms with van der Waals surface area (Å²) in [5.41, 5.74) is 2.01. The summed E-state index contributed by atoms with van der Waals surface area (Å²) < 4.78 is 26.7. The van der Waals surface area contributed by atoms with Gasteiger partial charge in [0.25, 0.3) is 0 Å². The third-order valence-electron chi connectivity index (χ3n) is 3.40. The lowest BCUT2D eigenvalue weighted by molar-refractivity contribution is -0.137. The van der Waals surface area contributed by atoms with E-state index in [1.54, 1.807) is 18.2 Å². The van der Waals surface area contributed by atoms with Crippen molar-refractivity contribution in [3.63, 3.8) is 0 Å². The van der Waals surface area contributed by atoms with Crippen LogP contribution in [-0.2, 0) is 14.8 Å². The first-order valence-corrected chi connectivity index (χ1v) is 8.60. The summed E-state index contributed by atoms with van der Waals surface area (Å²) in [6.07, 6.45) is 3.15. The summed E-state index contributed by atoms with van der Waals surface area (Å²) in [5.74, 6) is -0.787. The fourth-order valence-corrected chi connectivity index (χ4v) is 3.08. The zero-order valence-electron chi connectivity index (χ0n) is 12.6. The Balaban J connectivity index is 2.36. The van der Waals surface area contributed by atoms with Crippen molar-refractivity contribution in [3.8, 4) is 0 Å². The second kappa shape index (κ2) is 8.14. The highest BCUT2D eigenvalue weighted by atomic mass is 32.2. The monoisotopic (exact) mass is 313 g/mol. The van der Waals surface area contributed by atoms with Gasteiger partial charge in [0.1, 0.15) is 0 Å². The Morgan fingerprint density at radius 2 is 1.76 bits per heavy atom. The standard InChI is InChI=1S/C15H23NO4S/c1-12-8-9-14(11-13(12)2)21(19,20)16-10-6-4-3-5-7-15(17)18/h8-9,11,16H,3-7,10H2,1-2H3,(H,17,18). The van der Waals surface area contributed by atoms with Gasteiger partial charge in [0.05, 0.1) is 4.90 Å². The fourth-order valence-electron chi connectivity index (χ4n) is 1.93. The molecule has 1 aromatic carbocycles. The molecule has 0 atom stereocenters. The molecular weight excluding hydrogens is 290 g/mol. The van der Waals surface area contributed by atoms with Gasteiger partial charge in [0, 0.05) is 13.0 Å². The Kier molecular flexibility index (Phi) is 6.84. The molecule has 0 bridgehead atoms. The van der Waals surface area contributed by atoms with Crippen LogP contribution in [0.4, 0.5) is 0 Å². The average Bonchev–Trinajstić information content (AvgIpc) is 2.40. The molecule has 0 aliphatic carbocycles. The number of carbonyl (C=O) groups is 1. The van der Waals surface area contributed by atoms with Gasteiger partial charge < -0.3 is 5.11 Å². The number of aryl methyl sites for hydroxylation is 2. The molecule has 0 saturated carbocycles. The van der Waals surface area contributed by atoms with Gasteiger partial charge >= 0.3 is 5.97 Å². The van der Waals surface area contributed by atoms with Crippen molar-refractivity contribution >= 4 is 16.0 Å². The van der Waals surface area contributed by atoms with E-state index in [4.69, 9.17) is 5.11 Å². The first-order chi connectivity index (χ1) is 9.83. The lowest BCUT2D eigenvalue weighted by Gasteiger charge is -2.08. The van der Waals surface area contributed by atoms with Gasteiger partial charge in [-0.1, -0.05) is 18.9 Å². The largest absolute Gasteiger partial charge is 0.481 e. The molecule has 0 radical (unpaired) electrons. The quantitative estimate of drug-likeness (QED) is 0.686. The Hall–Kier alpha value is -1.40. The fraction of sp³-hybridized carbons (Fsp3) is 0.533.